The second kappa shape index (κ2) is 5.55. The van der Waals surface area contributed by atoms with Gasteiger partial charge in [-0.3, -0.25) is 0 Å². The van der Waals surface area contributed by atoms with E-state index in [1.165, 1.54) is 12.8 Å². The first-order valence-electron chi connectivity index (χ1n) is 5.10. The van der Waals surface area contributed by atoms with E-state index in [9.17, 15) is 0 Å². The summed E-state index contributed by atoms with van der Waals surface area (Å²) in [7, 11) is 0. The molecule has 0 saturated carbocycles. The summed E-state index contributed by atoms with van der Waals surface area (Å²) >= 11 is 0. The molecule has 0 N–H and O–H groups in total. The molecule has 0 amide bonds. The molecule has 1 aliphatic heterocycles. The van der Waals surface area contributed by atoms with Crippen LogP contribution in [-0.4, -0.2) is 25.4 Å². The van der Waals surface area contributed by atoms with Crippen LogP contribution in [0.25, 0.3) is 0 Å². The average Bonchev–Trinajstić information content (AvgIpc) is 2.15. The van der Waals surface area contributed by atoms with Gasteiger partial charge in [0.2, 0.25) is 0 Å². The highest BCUT2D eigenvalue weighted by Gasteiger charge is 2.19. The van der Waals surface area contributed by atoms with Gasteiger partial charge in [-0.05, 0) is 12.8 Å². The van der Waals surface area contributed by atoms with E-state index < -0.39 is 0 Å². The van der Waals surface area contributed by atoms with Crippen LogP contribution in [0.15, 0.2) is 0 Å². The fourth-order valence-electron chi connectivity index (χ4n) is 1.42. The third kappa shape index (κ3) is 3.11. The van der Waals surface area contributed by atoms with Crippen molar-refractivity contribution >= 4 is 0 Å². The van der Waals surface area contributed by atoms with Crippen LogP contribution in [0.1, 0.15) is 39.5 Å². The molecule has 1 heterocycles. The lowest BCUT2D eigenvalue weighted by atomic mass is 10.1. The Labute approximate surface area is 75.2 Å². The first-order valence-corrected chi connectivity index (χ1v) is 5.10. The second-order valence-electron chi connectivity index (χ2n) is 3.46. The van der Waals surface area contributed by atoms with E-state index in [2.05, 4.69) is 13.8 Å². The van der Waals surface area contributed by atoms with Gasteiger partial charge in [-0.2, -0.15) is 0 Å². The van der Waals surface area contributed by atoms with Crippen molar-refractivity contribution in [3.8, 4) is 0 Å². The molecule has 1 aliphatic rings. The lowest BCUT2D eigenvalue weighted by molar-refractivity contribution is -0.135. The standard InChI is InChI=1S/C10H20O2/c1-3-5-6-10-8-11-9(4-2)7-12-10/h9-10H,3-8H2,1-2H3. The predicted molar refractivity (Wildman–Crippen MR) is 49.3 cm³/mol. The van der Waals surface area contributed by atoms with Gasteiger partial charge >= 0.3 is 0 Å². The molecule has 0 spiro atoms. The fraction of sp³-hybridized carbons (Fsp3) is 1.00. The highest BCUT2D eigenvalue weighted by Crippen LogP contribution is 2.14. The van der Waals surface area contributed by atoms with E-state index >= 15 is 0 Å². The van der Waals surface area contributed by atoms with Crippen LogP contribution in [0.3, 0.4) is 0 Å². The topological polar surface area (TPSA) is 18.5 Å². The fourth-order valence-corrected chi connectivity index (χ4v) is 1.42. The van der Waals surface area contributed by atoms with Gasteiger partial charge in [0.25, 0.3) is 0 Å². The molecule has 0 aromatic rings. The molecule has 2 unspecified atom stereocenters. The number of hydrogen-bond donors (Lipinski definition) is 0. The van der Waals surface area contributed by atoms with Gasteiger partial charge in [0.15, 0.2) is 0 Å². The maximum absolute atomic E-state index is 5.66. The van der Waals surface area contributed by atoms with Crippen LogP contribution < -0.4 is 0 Å². The largest absolute Gasteiger partial charge is 0.373 e. The first-order chi connectivity index (χ1) is 5.86. The van der Waals surface area contributed by atoms with Gasteiger partial charge in [0.1, 0.15) is 0 Å². The minimum absolute atomic E-state index is 0.350. The van der Waals surface area contributed by atoms with Crippen molar-refractivity contribution in [1.82, 2.24) is 0 Å². The maximum atomic E-state index is 5.66. The van der Waals surface area contributed by atoms with Gasteiger partial charge in [-0.25, -0.2) is 0 Å². The Balaban J connectivity index is 2.09. The first kappa shape index (κ1) is 10.0. The lowest BCUT2D eigenvalue weighted by Gasteiger charge is -2.28. The predicted octanol–water partition coefficient (Wildman–Crippen LogP) is 2.37. The van der Waals surface area contributed by atoms with E-state index in [1.54, 1.807) is 0 Å². The molecule has 1 rings (SSSR count). The van der Waals surface area contributed by atoms with Crippen molar-refractivity contribution in [2.75, 3.05) is 13.2 Å². The van der Waals surface area contributed by atoms with Gasteiger partial charge in [0.05, 0.1) is 25.4 Å². The molecule has 72 valence electrons. The van der Waals surface area contributed by atoms with Crippen LogP contribution in [0.4, 0.5) is 0 Å². The lowest BCUT2D eigenvalue weighted by Crippen LogP contribution is -2.35. The normalized spacial score (nSPS) is 30.5. The summed E-state index contributed by atoms with van der Waals surface area (Å²) in [5, 5.41) is 0. The molecule has 0 bridgehead atoms. The molecular weight excluding hydrogens is 152 g/mol. The molecule has 1 fully saturated rings. The zero-order valence-electron chi connectivity index (χ0n) is 8.21. The Kier molecular flexibility index (Phi) is 4.62. The molecule has 0 radical (unpaired) electrons. The SMILES string of the molecule is CCCCC1COC(CC)CO1. The Hall–Kier alpha value is -0.0800. The molecule has 0 aliphatic carbocycles. The zero-order valence-corrected chi connectivity index (χ0v) is 8.21. The summed E-state index contributed by atoms with van der Waals surface area (Å²) in [4.78, 5) is 0. The molecule has 0 aromatic carbocycles. The zero-order chi connectivity index (χ0) is 8.81. The van der Waals surface area contributed by atoms with Crippen molar-refractivity contribution in [3.05, 3.63) is 0 Å². The van der Waals surface area contributed by atoms with Crippen LogP contribution in [0.5, 0.6) is 0 Å². The van der Waals surface area contributed by atoms with Crippen LogP contribution in [0.2, 0.25) is 0 Å². The summed E-state index contributed by atoms with van der Waals surface area (Å²) in [5.74, 6) is 0. The van der Waals surface area contributed by atoms with Gasteiger partial charge in [-0.15, -0.1) is 0 Å². The summed E-state index contributed by atoms with van der Waals surface area (Å²) in [6.07, 6.45) is 5.45. The van der Waals surface area contributed by atoms with Crippen molar-refractivity contribution < 1.29 is 9.47 Å². The number of ether oxygens (including phenoxy) is 2. The van der Waals surface area contributed by atoms with Gasteiger partial charge in [-0.1, -0.05) is 26.7 Å². The van der Waals surface area contributed by atoms with E-state index in [0.717, 1.165) is 26.1 Å². The molecular formula is C10H20O2. The third-order valence-corrected chi connectivity index (χ3v) is 2.37. The summed E-state index contributed by atoms with van der Waals surface area (Å²) in [5.41, 5.74) is 0. The van der Waals surface area contributed by atoms with E-state index in [0.29, 0.717) is 12.2 Å². The molecule has 1 saturated heterocycles. The van der Waals surface area contributed by atoms with Crippen molar-refractivity contribution in [2.45, 2.75) is 51.7 Å². The molecule has 2 nitrogen and oxygen atoms in total. The summed E-state index contributed by atoms with van der Waals surface area (Å²) in [6, 6.07) is 0. The number of hydrogen-bond acceptors (Lipinski definition) is 2. The Morgan fingerprint density at radius 2 is 1.75 bits per heavy atom. The Bertz CT molecular complexity index is 106. The summed E-state index contributed by atoms with van der Waals surface area (Å²) in [6.45, 7) is 5.95. The number of unbranched alkanes of at least 4 members (excludes halogenated alkanes) is 1. The van der Waals surface area contributed by atoms with Gasteiger partial charge in [0, 0.05) is 0 Å². The number of rotatable bonds is 4. The van der Waals surface area contributed by atoms with Crippen LogP contribution in [0, 0.1) is 0 Å². The smallest absolute Gasteiger partial charge is 0.0810 e. The molecule has 2 heteroatoms. The minimum atomic E-state index is 0.350. The molecule has 12 heavy (non-hydrogen) atoms. The second-order valence-corrected chi connectivity index (χ2v) is 3.46. The van der Waals surface area contributed by atoms with Gasteiger partial charge < -0.3 is 9.47 Å². The highest BCUT2D eigenvalue weighted by molar-refractivity contribution is 4.66. The Morgan fingerprint density at radius 3 is 2.25 bits per heavy atom. The van der Waals surface area contributed by atoms with E-state index in [-0.39, 0.29) is 0 Å². The van der Waals surface area contributed by atoms with E-state index in [4.69, 9.17) is 9.47 Å². The minimum Gasteiger partial charge on any atom is -0.373 e. The monoisotopic (exact) mass is 172 g/mol. The van der Waals surface area contributed by atoms with Crippen LogP contribution in [-0.2, 0) is 9.47 Å². The van der Waals surface area contributed by atoms with E-state index in [1.807, 2.05) is 0 Å². The average molecular weight is 172 g/mol. The summed E-state index contributed by atoms with van der Waals surface area (Å²) < 4.78 is 11.3. The van der Waals surface area contributed by atoms with Crippen LogP contribution >= 0.6 is 0 Å². The Morgan fingerprint density at radius 1 is 1.08 bits per heavy atom. The van der Waals surface area contributed by atoms with Crippen molar-refractivity contribution in [2.24, 2.45) is 0 Å². The maximum Gasteiger partial charge on any atom is 0.0810 e. The molecule has 0 aromatic heterocycles. The van der Waals surface area contributed by atoms with Crippen molar-refractivity contribution in [3.63, 3.8) is 0 Å². The van der Waals surface area contributed by atoms with Crippen molar-refractivity contribution in [1.29, 1.82) is 0 Å². The molecule has 2 atom stereocenters. The quantitative estimate of drug-likeness (QED) is 0.648. The highest BCUT2D eigenvalue weighted by atomic mass is 16.6. The third-order valence-electron chi connectivity index (χ3n) is 2.37.